The lowest BCUT2D eigenvalue weighted by molar-refractivity contribution is 0.106. The third kappa shape index (κ3) is 2.09. The summed E-state index contributed by atoms with van der Waals surface area (Å²) in [4.78, 5) is 0. The van der Waals surface area contributed by atoms with Gasteiger partial charge >= 0.3 is 0 Å². The van der Waals surface area contributed by atoms with Crippen LogP contribution in [0.2, 0.25) is 0 Å². The van der Waals surface area contributed by atoms with E-state index in [-0.39, 0.29) is 0 Å². The molecule has 3 aliphatic rings. The summed E-state index contributed by atoms with van der Waals surface area (Å²) < 4.78 is 5.50. The first-order chi connectivity index (χ1) is 12.1. The van der Waals surface area contributed by atoms with E-state index in [9.17, 15) is 5.11 Å². The molecule has 2 nitrogen and oxygen atoms in total. The number of phenols is 1. The largest absolute Gasteiger partial charge is 0.508 e. The molecule has 0 saturated heterocycles. The minimum atomic E-state index is 0.291. The van der Waals surface area contributed by atoms with Crippen molar-refractivity contribution in [3.63, 3.8) is 0 Å². The van der Waals surface area contributed by atoms with Gasteiger partial charge in [-0.1, -0.05) is 19.1 Å². The highest BCUT2D eigenvalue weighted by atomic mass is 16.5. The van der Waals surface area contributed by atoms with Crippen molar-refractivity contribution in [1.82, 2.24) is 0 Å². The summed E-state index contributed by atoms with van der Waals surface area (Å²) in [6.07, 6.45) is 6.08. The van der Waals surface area contributed by atoms with Crippen LogP contribution in [0.4, 0.5) is 0 Å². The Morgan fingerprint density at radius 1 is 1.08 bits per heavy atom. The number of ether oxygens (including phenoxy) is 1. The summed E-state index contributed by atoms with van der Waals surface area (Å²) in [6, 6.07) is 12.8. The Labute approximate surface area is 149 Å². The van der Waals surface area contributed by atoms with Gasteiger partial charge in [0.15, 0.2) is 0 Å². The highest BCUT2D eigenvalue weighted by Gasteiger charge is 2.52. The van der Waals surface area contributed by atoms with E-state index >= 15 is 0 Å². The van der Waals surface area contributed by atoms with E-state index in [1.807, 2.05) is 12.1 Å². The van der Waals surface area contributed by atoms with Crippen molar-refractivity contribution in [2.24, 2.45) is 11.8 Å². The topological polar surface area (TPSA) is 29.5 Å². The second-order valence-corrected chi connectivity index (χ2v) is 8.48. The molecule has 0 aliphatic heterocycles. The molecule has 1 N–H and O–H groups in total. The Bertz CT molecular complexity index is 840. The van der Waals surface area contributed by atoms with E-state index in [1.165, 1.54) is 47.9 Å². The standard InChI is InChI=1S/C23H26O2/c1-23-10-9-19-18-8-5-16(24)11-14(18)4-7-20(19)22(23)12-15-3-6-17(25-2)13-21(15)23/h3,5-6,8,11,13,19-20,22,24H,4,7,9-10,12H2,1-2H3/t19?,20?,22?,23-/m1/s1. The van der Waals surface area contributed by atoms with E-state index in [0.717, 1.165) is 24.0 Å². The normalized spacial score (nSPS) is 32.3. The summed E-state index contributed by atoms with van der Waals surface area (Å²) in [7, 11) is 1.76. The fourth-order valence-corrected chi connectivity index (χ4v) is 6.23. The molecule has 2 aromatic carbocycles. The number of aryl methyl sites for hydroxylation is 1. The zero-order chi connectivity index (χ0) is 17.2. The maximum atomic E-state index is 9.83. The van der Waals surface area contributed by atoms with E-state index in [2.05, 4.69) is 31.2 Å². The summed E-state index contributed by atoms with van der Waals surface area (Å²) in [5.74, 6) is 3.56. The van der Waals surface area contributed by atoms with Gasteiger partial charge in [0.1, 0.15) is 11.5 Å². The fraction of sp³-hybridized carbons (Fsp3) is 0.478. The van der Waals surface area contributed by atoms with Gasteiger partial charge in [-0.2, -0.15) is 0 Å². The predicted molar refractivity (Wildman–Crippen MR) is 99.4 cm³/mol. The Balaban J connectivity index is 1.54. The minimum Gasteiger partial charge on any atom is -0.508 e. The Kier molecular flexibility index (Phi) is 3.22. The van der Waals surface area contributed by atoms with Crippen molar-refractivity contribution in [3.8, 4) is 11.5 Å². The summed E-state index contributed by atoms with van der Waals surface area (Å²) >= 11 is 0. The van der Waals surface area contributed by atoms with Crippen LogP contribution in [0.1, 0.15) is 54.4 Å². The molecule has 0 spiro atoms. The van der Waals surface area contributed by atoms with Crippen molar-refractivity contribution < 1.29 is 9.84 Å². The Morgan fingerprint density at radius 2 is 1.96 bits per heavy atom. The van der Waals surface area contributed by atoms with Crippen LogP contribution in [0.15, 0.2) is 36.4 Å². The van der Waals surface area contributed by atoms with Crippen molar-refractivity contribution >= 4 is 0 Å². The van der Waals surface area contributed by atoms with E-state index in [1.54, 1.807) is 7.11 Å². The maximum Gasteiger partial charge on any atom is 0.119 e. The van der Waals surface area contributed by atoms with Gasteiger partial charge in [-0.05, 0) is 102 Å². The first kappa shape index (κ1) is 15.3. The summed E-state index contributed by atoms with van der Waals surface area (Å²) in [6.45, 7) is 2.49. The number of phenolic OH excluding ortho intramolecular Hbond substituents is 1. The molecule has 4 atom stereocenters. The molecule has 2 aromatic rings. The molecule has 2 heteroatoms. The smallest absolute Gasteiger partial charge is 0.119 e. The van der Waals surface area contributed by atoms with Crippen LogP contribution in [-0.4, -0.2) is 12.2 Å². The highest BCUT2D eigenvalue weighted by molar-refractivity contribution is 5.48. The number of methoxy groups -OCH3 is 1. The molecule has 25 heavy (non-hydrogen) atoms. The maximum absolute atomic E-state index is 9.83. The lowest BCUT2D eigenvalue weighted by Gasteiger charge is -2.49. The van der Waals surface area contributed by atoms with E-state index in [4.69, 9.17) is 4.74 Å². The molecular formula is C23H26O2. The van der Waals surface area contributed by atoms with Gasteiger partial charge in [-0.25, -0.2) is 0 Å². The van der Waals surface area contributed by atoms with Crippen LogP contribution in [-0.2, 0) is 18.3 Å². The number of benzene rings is 2. The lowest BCUT2D eigenvalue weighted by Crippen LogP contribution is -2.43. The number of hydrogen-bond donors (Lipinski definition) is 1. The molecule has 3 unspecified atom stereocenters. The van der Waals surface area contributed by atoms with Gasteiger partial charge in [0.2, 0.25) is 0 Å². The molecule has 0 aromatic heterocycles. The second-order valence-electron chi connectivity index (χ2n) is 8.48. The van der Waals surface area contributed by atoms with Crippen LogP contribution in [0.5, 0.6) is 11.5 Å². The Hall–Kier alpha value is -1.96. The number of hydrogen-bond acceptors (Lipinski definition) is 2. The molecular weight excluding hydrogens is 308 g/mol. The van der Waals surface area contributed by atoms with Crippen LogP contribution < -0.4 is 4.74 Å². The first-order valence-electron chi connectivity index (χ1n) is 9.59. The number of aromatic hydroxyl groups is 1. The molecule has 3 aliphatic carbocycles. The van der Waals surface area contributed by atoms with Gasteiger partial charge in [0, 0.05) is 0 Å². The predicted octanol–water partition coefficient (Wildman–Crippen LogP) is 4.97. The quantitative estimate of drug-likeness (QED) is 0.798. The molecule has 130 valence electrons. The molecule has 0 radical (unpaired) electrons. The lowest BCUT2D eigenvalue weighted by atomic mass is 9.55. The van der Waals surface area contributed by atoms with Gasteiger partial charge in [-0.3, -0.25) is 0 Å². The van der Waals surface area contributed by atoms with Gasteiger partial charge < -0.3 is 9.84 Å². The van der Waals surface area contributed by atoms with E-state index in [0.29, 0.717) is 17.1 Å². The van der Waals surface area contributed by atoms with Crippen molar-refractivity contribution in [3.05, 3.63) is 58.7 Å². The fourth-order valence-electron chi connectivity index (χ4n) is 6.23. The van der Waals surface area contributed by atoms with Crippen LogP contribution in [0.3, 0.4) is 0 Å². The van der Waals surface area contributed by atoms with Crippen molar-refractivity contribution in [1.29, 1.82) is 0 Å². The molecule has 1 saturated carbocycles. The number of fused-ring (bicyclic) bond motifs is 7. The Morgan fingerprint density at radius 3 is 2.80 bits per heavy atom. The average molecular weight is 334 g/mol. The summed E-state index contributed by atoms with van der Waals surface area (Å²) in [5, 5.41) is 9.83. The van der Waals surface area contributed by atoms with Crippen molar-refractivity contribution in [2.45, 2.75) is 50.4 Å². The molecule has 0 heterocycles. The highest BCUT2D eigenvalue weighted by Crippen LogP contribution is 2.60. The van der Waals surface area contributed by atoms with Gasteiger partial charge in [0.25, 0.3) is 0 Å². The molecule has 1 fully saturated rings. The van der Waals surface area contributed by atoms with Gasteiger partial charge in [-0.15, -0.1) is 0 Å². The zero-order valence-electron chi connectivity index (χ0n) is 15.1. The zero-order valence-corrected chi connectivity index (χ0v) is 15.1. The summed E-state index contributed by atoms with van der Waals surface area (Å²) in [5.41, 5.74) is 6.24. The third-order valence-corrected chi connectivity index (χ3v) is 7.47. The molecule has 0 bridgehead atoms. The monoisotopic (exact) mass is 334 g/mol. The van der Waals surface area contributed by atoms with Crippen molar-refractivity contribution in [2.75, 3.05) is 7.11 Å². The van der Waals surface area contributed by atoms with Crippen LogP contribution in [0, 0.1) is 11.8 Å². The first-order valence-corrected chi connectivity index (χ1v) is 9.59. The molecule has 0 amide bonds. The van der Waals surface area contributed by atoms with Crippen LogP contribution >= 0.6 is 0 Å². The van der Waals surface area contributed by atoms with Gasteiger partial charge in [0.05, 0.1) is 7.11 Å². The average Bonchev–Trinajstić information content (AvgIpc) is 2.93. The third-order valence-electron chi connectivity index (χ3n) is 7.47. The van der Waals surface area contributed by atoms with E-state index < -0.39 is 0 Å². The minimum absolute atomic E-state index is 0.291. The second kappa shape index (κ2) is 5.27. The molecule has 5 rings (SSSR count). The van der Waals surface area contributed by atoms with Crippen LogP contribution in [0.25, 0.3) is 0 Å². The number of rotatable bonds is 1. The SMILES string of the molecule is COc1ccc2c(c1)[C@@]1(C)CCC3c4ccc(O)cc4CCC3C1C2.